The van der Waals surface area contributed by atoms with Crippen LogP contribution in [-0.4, -0.2) is 49.2 Å². The number of carbonyl (C=O) groups is 1. The Hall–Kier alpha value is -2.76. The Morgan fingerprint density at radius 3 is 2.68 bits per heavy atom. The van der Waals surface area contributed by atoms with Gasteiger partial charge in [0.2, 0.25) is 0 Å². The molecule has 3 rings (SSSR count). The number of para-hydroxylation sites is 1. The predicted molar refractivity (Wildman–Crippen MR) is 93.3 cm³/mol. The molecule has 1 saturated heterocycles. The molecule has 0 radical (unpaired) electrons. The highest BCUT2D eigenvalue weighted by molar-refractivity contribution is 5.98. The monoisotopic (exact) mass is 342 g/mol. The van der Waals surface area contributed by atoms with E-state index >= 15 is 0 Å². The second-order valence-electron chi connectivity index (χ2n) is 5.86. The van der Waals surface area contributed by atoms with Crippen LogP contribution in [0.1, 0.15) is 23.2 Å². The first-order valence-corrected chi connectivity index (χ1v) is 8.30. The summed E-state index contributed by atoms with van der Waals surface area (Å²) in [4.78, 5) is 18.8. The van der Waals surface area contributed by atoms with Gasteiger partial charge in [0.05, 0.1) is 26.3 Å². The van der Waals surface area contributed by atoms with Crippen molar-refractivity contribution in [2.45, 2.75) is 18.9 Å². The van der Waals surface area contributed by atoms with Crippen molar-refractivity contribution in [3.05, 3.63) is 48.3 Å². The second-order valence-corrected chi connectivity index (χ2v) is 5.86. The number of ether oxygens (including phenoxy) is 3. The van der Waals surface area contributed by atoms with Gasteiger partial charge in [-0.3, -0.25) is 9.78 Å². The molecule has 1 unspecified atom stereocenters. The molecule has 0 saturated carbocycles. The molecular weight excluding hydrogens is 320 g/mol. The van der Waals surface area contributed by atoms with Gasteiger partial charge in [-0.1, -0.05) is 6.07 Å². The predicted octanol–water partition coefficient (Wildman–Crippen LogP) is 2.78. The topological polar surface area (TPSA) is 60.9 Å². The Morgan fingerprint density at radius 1 is 1.16 bits per heavy atom. The van der Waals surface area contributed by atoms with Gasteiger partial charge in [-0.05, 0) is 37.1 Å². The van der Waals surface area contributed by atoms with Gasteiger partial charge in [-0.25, -0.2) is 0 Å². The molecule has 1 aliphatic heterocycles. The SMILES string of the molecule is COc1cccc(C(=O)N2CCCC(Oc3ccncc3)C2)c1OC. The molecule has 1 aliphatic rings. The molecule has 2 aromatic rings. The number of hydrogen-bond acceptors (Lipinski definition) is 5. The van der Waals surface area contributed by atoms with E-state index in [2.05, 4.69) is 4.98 Å². The fourth-order valence-electron chi connectivity index (χ4n) is 3.05. The van der Waals surface area contributed by atoms with E-state index in [0.717, 1.165) is 18.6 Å². The van der Waals surface area contributed by atoms with E-state index < -0.39 is 0 Å². The van der Waals surface area contributed by atoms with Crippen LogP contribution in [0.3, 0.4) is 0 Å². The quantitative estimate of drug-likeness (QED) is 0.836. The first-order valence-electron chi connectivity index (χ1n) is 8.30. The summed E-state index contributed by atoms with van der Waals surface area (Å²) in [6.07, 6.45) is 5.18. The largest absolute Gasteiger partial charge is 0.493 e. The van der Waals surface area contributed by atoms with Crippen LogP contribution in [0.4, 0.5) is 0 Å². The average Bonchev–Trinajstić information content (AvgIpc) is 2.67. The number of methoxy groups -OCH3 is 2. The number of likely N-dealkylation sites (tertiary alicyclic amines) is 1. The number of aromatic nitrogens is 1. The molecule has 1 amide bonds. The second kappa shape index (κ2) is 7.88. The molecule has 1 aromatic heterocycles. The van der Waals surface area contributed by atoms with E-state index in [1.54, 1.807) is 44.8 Å². The lowest BCUT2D eigenvalue weighted by Gasteiger charge is -2.33. The van der Waals surface area contributed by atoms with Gasteiger partial charge < -0.3 is 19.1 Å². The number of rotatable bonds is 5. The van der Waals surface area contributed by atoms with Crippen molar-refractivity contribution >= 4 is 5.91 Å². The smallest absolute Gasteiger partial charge is 0.257 e. The fraction of sp³-hybridized carbons (Fsp3) is 0.368. The summed E-state index contributed by atoms with van der Waals surface area (Å²) >= 11 is 0. The molecule has 1 atom stereocenters. The van der Waals surface area contributed by atoms with E-state index in [0.29, 0.717) is 30.2 Å². The third kappa shape index (κ3) is 3.84. The van der Waals surface area contributed by atoms with Crippen LogP contribution >= 0.6 is 0 Å². The number of nitrogens with zero attached hydrogens (tertiary/aromatic N) is 2. The van der Waals surface area contributed by atoms with E-state index in [1.807, 2.05) is 17.0 Å². The van der Waals surface area contributed by atoms with Gasteiger partial charge >= 0.3 is 0 Å². The Morgan fingerprint density at radius 2 is 1.96 bits per heavy atom. The number of pyridine rings is 1. The van der Waals surface area contributed by atoms with Crippen molar-refractivity contribution in [3.8, 4) is 17.2 Å². The molecule has 25 heavy (non-hydrogen) atoms. The molecule has 0 bridgehead atoms. The van der Waals surface area contributed by atoms with Crippen LogP contribution in [0.15, 0.2) is 42.7 Å². The third-order valence-electron chi connectivity index (χ3n) is 4.25. The average molecular weight is 342 g/mol. The molecule has 2 heterocycles. The lowest BCUT2D eigenvalue weighted by atomic mass is 10.1. The summed E-state index contributed by atoms with van der Waals surface area (Å²) in [6.45, 7) is 1.25. The Labute approximate surface area is 147 Å². The summed E-state index contributed by atoms with van der Waals surface area (Å²) in [7, 11) is 3.10. The molecule has 132 valence electrons. The van der Waals surface area contributed by atoms with Crippen molar-refractivity contribution in [1.82, 2.24) is 9.88 Å². The first-order chi connectivity index (χ1) is 12.2. The van der Waals surface area contributed by atoms with E-state index in [1.165, 1.54) is 0 Å². The summed E-state index contributed by atoms with van der Waals surface area (Å²) in [5, 5.41) is 0. The summed E-state index contributed by atoms with van der Waals surface area (Å²) < 4.78 is 16.7. The van der Waals surface area contributed by atoms with E-state index in [4.69, 9.17) is 14.2 Å². The molecule has 1 aromatic carbocycles. The number of hydrogen-bond donors (Lipinski definition) is 0. The Bertz CT molecular complexity index is 721. The van der Waals surface area contributed by atoms with Gasteiger partial charge in [0, 0.05) is 18.9 Å². The number of piperidine rings is 1. The lowest BCUT2D eigenvalue weighted by Crippen LogP contribution is -2.44. The first kappa shape index (κ1) is 17.1. The minimum atomic E-state index is -0.0706. The minimum Gasteiger partial charge on any atom is -0.493 e. The van der Waals surface area contributed by atoms with Crippen LogP contribution in [0.2, 0.25) is 0 Å². The number of amides is 1. The molecule has 6 heteroatoms. The normalized spacial score (nSPS) is 17.0. The fourth-order valence-corrected chi connectivity index (χ4v) is 3.05. The zero-order valence-corrected chi connectivity index (χ0v) is 14.5. The van der Waals surface area contributed by atoms with Crippen molar-refractivity contribution < 1.29 is 19.0 Å². The van der Waals surface area contributed by atoms with Crippen LogP contribution in [0.5, 0.6) is 17.2 Å². The maximum Gasteiger partial charge on any atom is 0.257 e. The van der Waals surface area contributed by atoms with Gasteiger partial charge in [-0.15, -0.1) is 0 Å². The van der Waals surface area contributed by atoms with Gasteiger partial charge in [0.25, 0.3) is 5.91 Å². The Balaban J connectivity index is 1.74. The van der Waals surface area contributed by atoms with Crippen molar-refractivity contribution in [3.63, 3.8) is 0 Å². The maximum absolute atomic E-state index is 13.0. The molecule has 0 N–H and O–H groups in total. The number of carbonyl (C=O) groups excluding carboxylic acids is 1. The van der Waals surface area contributed by atoms with Crippen LogP contribution in [0.25, 0.3) is 0 Å². The molecule has 1 fully saturated rings. The zero-order chi connectivity index (χ0) is 17.6. The van der Waals surface area contributed by atoms with Gasteiger partial charge in [-0.2, -0.15) is 0 Å². The minimum absolute atomic E-state index is 0.0308. The van der Waals surface area contributed by atoms with Crippen LogP contribution in [-0.2, 0) is 0 Å². The molecule has 6 nitrogen and oxygen atoms in total. The molecule has 0 aliphatic carbocycles. The maximum atomic E-state index is 13.0. The van der Waals surface area contributed by atoms with Crippen molar-refractivity contribution in [2.24, 2.45) is 0 Å². The Kier molecular flexibility index (Phi) is 5.38. The summed E-state index contributed by atoms with van der Waals surface area (Å²) in [5.41, 5.74) is 0.506. The zero-order valence-electron chi connectivity index (χ0n) is 14.5. The highest BCUT2D eigenvalue weighted by Crippen LogP contribution is 2.32. The summed E-state index contributed by atoms with van der Waals surface area (Å²) in [5.74, 6) is 1.72. The standard InChI is InChI=1S/C19H22N2O4/c1-23-17-7-3-6-16(18(17)24-2)19(22)21-12-4-5-15(13-21)25-14-8-10-20-11-9-14/h3,6-11,15H,4-5,12-13H2,1-2H3. The lowest BCUT2D eigenvalue weighted by molar-refractivity contribution is 0.0534. The highest BCUT2D eigenvalue weighted by Gasteiger charge is 2.28. The molecular formula is C19H22N2O4. The van der Waals surface area contributed by atoms with Crippen LogP contribution < -0.4 is 14.2 Å². The summed E-state index contributed by atoms with van der Waals surface area (Å²) in [6, 6.07) is 8.99. The van der Waals surface area contributed by atoms with Crippen LogP contribution in [0, 0.1) is 0 Å². The van der Waals surface area contributed by atoms with Gasteiger partial charge in [0.15, 0.2) is 11.5 Å². The number of benzene rings is 1. The van der Waals surface area contributed by atoms with E-state index in [-0.39, 0.29) is 12.0 Å². The van der Waals surface area contributed by atoms with Gasteiger partial charge in [0.1, 0.15) is 11.9 Å². The third-order valence-corrected chi connectivity index (χ3v) is 4.25. The van der Waals surface area contributed by atoms with E-state index in [9.17, 15) is 4.79 Å². The van der Waals surface area contributed by atoms with Crippen molar-refractivity contribution in [1.29, 1.82) is 0 Å². The highest BCUT2D eigenvalue weighted by atomic mass is 16.5. The molecule has 0 spiro atoms. The van der Waals surface area contributed by atoms with Crippen molar-refractivity contribution in [2.75, 3.05) is 27.3 Å².